The van der Waals surface area contributed by atoms with Crippen LogP contribution in [0.25, 0.3) is 0 Å². The van der Waals surface area contributed by atoms with Gasteiger partial charge in [-0.05, 0) is 31.1 Å². The molecule has 4 rings (SSSR count). The molecule has 30 heavy (non-hydrogen) atoms. The highest BCUT2D eigenvalue weighted by atomic mass is 32.1. The Bertz CT molecular complexity index is 810. The number of hydrogen-bond donors (Lipinski definition) is 1. The van der Waals surface area contributed by atoms with Gasteiger partial charge in [-0.1, -0.05) is 36.4 Å². The summed E-state index contributed by atoms with van der Waals surface area (Å²) in [5, 5.41) is 5.77. The number of benzene rings is 1. The zero-order valence-corrected chi connectivity index (χ0v) is 19.0. The maximum absolute atomic E-state index is 6.14. The van der Waals surface area contributed by atoms with Crippen molar-refractivity contribution in [3.8, 4) is 0 Å². The van der Waals surface area contributed by atoms with Gasteiger partial charge in [0.2, 0.25) is 0 Å². The molecule has 162 valence electrons. The number of nitrogens with zero attached hydrogens (tertiary/aromatic N) is 4. The maximum atomic E-state index is 6.14. The summed E-state index contributed by atoms with van der Waals surface area (Å²) in [5.74, 6) is 0.969. The second-order valence-corrected chi connectivity index (χ2v) is 9.24. The second-order valence-electron chi connectivity index (χ2n) is 8.26. The highest BCUT2D eigenvalue weighted by Crippen LogP contribution is 2.26. The van der Waals surface area contributed by atoms with Gasteiger partial charge >= 0.3 is 0 Å². The van der Waals surface area contributed by atoms with Gasteiger partial charge in [-0.15, -0.1) is 11.3 Å². The molecule has 2 fully saturated rings. The Morgan fingerprint density at radius 3 is 2.77 bits per heavy atom. The first-order valence-corrected chi connectivity index (χ1v) is 11.6. The maximum Gasteiger partial charge on any atom is 0.193 e. The average molecular weight is 428 g/mol. The number of hydrogen-bond acceptors (Lipinski definition) is 5. The summed E-state index contributed by atoms with van der Waals surface area (Å²) in [6.07, 6.45) is 0.239. The summed E-state index contributed by atoms with van der Waals surface area (Å²) in [4.78, 5) is 13.2. The van der Waals surface area contributed by atoms with E-state index in [2.05, 4.69) is 86.9 Å². The number of guanidine groups is 1. The Balaban J connectivity index is 1.39. The minimum absolute atomic E-state index is 0.239. The second kappa shape index (κ2) is 9.92. The van der Waals surface area contributed by atoms with Crippen LogP contribution >= 0.6 is 11.3 Å². The Kier molecular flexibility index (Phi) is 7.04. The molecule has 2 aliphatic rings. The number of thiophene rings is 1. The standard InChI is InChI=1S/C23H33N5OS/c1-24-23(25-14-19(26(2)3)22-10-7-13-30-22)28-16-20-21(17-28)29-12-11-27(20)15-18-8-5-4-6-9-18/h4-10,13,19-21H,11-12,14-17H2,1-3H3,(H,24,25). The number of nitrogens with one attached hydrogen (secondary N) is 1. The molecular formula is C23H33N5OS. The number of likely N-dealkylation sites (N-methyl/N-ethyl adjacent to an activating group) is 1. The number of ether oxygens (including phenoxy) is 1. The van der Waals surface area contributed by atoms with Gasteiger partial charge in [0, 0.05) is 44.6 Å². The molecule has 0 radical (unpaired) electrons. The van der Waals surface area contributed by atoms with E-state index in [-0.39, 0.29) is 6.10 Å². The van der Waals surface area contributed by atoms with Crippen LogP contribution in [0.1, 0.15) is 16.5 Å². The Hall–Kier alpha value is -1.93. The molecule has 3 atom stereocenters. The minimum Gasteiger partial charge on any atom is -0.373 e. The average Bonchev–Trinajstić information content (AvgIpc) is 3.42. The molecule has 0 aliphatic carbocycles. The van der Waals surface area contributed by atoms with Crippen molar-refractivity contribution in [2.45, 2.75) is 24.7 Å². The predicted molar refractivity (Wildman–Crippen MR) is 124 cm³/mol. The van der Waals surface area contributed by atoms with E-state index in [0.717, 1.165) is 45.3 Å². The van der Waals surface area contributed by atoms with Crippen molar-refractivity contribution in [2.24, 2.45) is 4.99 Å². The normalized spacial score (nSPS) is 23.6. The Labute approximate surface area is 184 Å². The first-order chi connectivity index (χ1) is 14.7. The van der Waals surface area contributed by atoms with Gasteiger partial charge < -0.3 is 19.9 Å². The van der Waals surface area contributed by atoms with Crippen molar-refractivity contribution in [3.63, 3.8) is 0 Å². The number of rotatable bonds is 6. The summed E-state index contributed by atoms with van der Waals surface area (Å²) in [5.41, 5.74) is 1.36. The van der Waals surface area contributed by atoms with Crippen LogP contribution in [0.3, 0.4) is 0 Å². The zero-order chi connectivity index (χ0) is 20.9. The van der Waals surface area contributed by atoms with Crippen LogP contribution in [0.4, 0.5) is 0 Å². The largest absolute Gasteiger partial charge is 0.373 e. The number of morpholine rings is 1. The molecule has 1 aromatic heterocycles. The highest BCUT2D eigenvalue weighted by Gasteiger charge is 2.41. The predicted octanol–water partition coefficient (Wildman–Crippen LogP) is 2.51. The van der Waals surface area contributed by atoms with Gasteiger partial charge in [-0.25, -0.2) is 0 Å². The van der Waals surface area contributed by atoms with Gasteiger partial charge in [0.05, 0.1) is 24.8 Å². The summed E-state index contributed by atoms with van der Waals surface area (Å²) >= 11 is 1.81. The van der Waals surface area contributed by atoms with E-state index < -0.39 is 0 Å². The number of likely N-dealkylation sites (tertiary alicyclic amines) is 1. The molecule has 2 aliphatic heterocycles. The lowest BCUT2D eigenvalue weighted by molar-refractivity contribution is -0.0502. The van der Waals surface area contributed by atoms with Crippen LogP contribution in [0.5, 0.6) is 0 Å². The van der Waals surface area contributed by atoms with E-state index in [4.69, 9.17) is 4.74 Å². The Morgan fingerprint density at radius 1 is 1.23 bits per heavy atom. The summed E-state index contributed by atoms with van der Waals surface area (Å²) < 4.78 is 6.14. The fourth-order valence-corrected chi connectivity index (χ4v) is 5.41. The highest BCUT2D eigenvalue weighted by molar-refractivity contribution is 7.10. The molecule has 2 aromatic rings. The lowest BCUT2D eigenvalue weighted by Crippen LogP contribution is -2.50. The third-order valence-corrected chi connectivity index (χ3v) is 7.08. The molecule has 7 heteroatoms. The zero-order valence-electron chi connectivity index (χ0n) is 18.2. The SMILES string of the molecule is CN=C(NCC(c1cccs1)N(C)C)N1CC2OCCN(Cc3ccccc3)C2C1. The molecule has 6 nitrogen and oxygen atoms in total. The molecule has 2 saturated heterocycles. The van der Waals surface area contributed by atoms with Crippen molar-refractivity contribution in [1.29, 1.82) is 0 Å². The van der Waals surface area contributed by atoms with Crippen molar-refractivity contribution in [2.75, 3.05) is 53.9 Å². The number of fused-ring (bicyclic) bond motifs is 1. The molecular weight excluding hydrogens is 394 g/mol. The van der Waals surface area contributed by atoms with Gasteiger partial charge in [0.1, 0.15) is 0 Å². The molecule has 3 heterocycles. The summed E-state index contributed by atoms with van der Waals surface area (Å²) in [7, 11) is 6.14. The van der Waals surface area contributed by atoms with Crippen LogP contribution in [0.2, 0.25) is 0 Å². The minimum atomic E-state index is 0.239. The monoisotopic (exact) mass is 427 g/mol. The lowest BCUT2D eigenvalue weighted by atomic mass is 10.1. The van der Waals surface area contributed by atoms with Crippen LogP contribution in [0.15, 0.2) is 52.8 Å². The molecule has 0 bridgehead atoms. The molecule has 0 saturated carbocycles. The van der Waals surface area contributed by atoms with E-state index in [9.17, 15) is 0 Å². The van der Waals surface area contributed by atoms with E-state index in [1.54, 1.807) is 11.3 Å². The van der Waals surface area contributed by atoms with Crippen molar-refractivity contribution in [3.05, 3.63) is 58.3 Å². The van der Waals surface area contributed by atoms with E-state index in [0.29, 0.717) is 12.1 Å². The number of aliphatic imine (C=N–C) groups is 1. The van der Waals surface area contributed by atoms with Gasteiger partial charge in [-0.2, -0.15) is 0 Å². The Morgan fingerprint density at radius 2 is 2.07 bits per heavy atom. The molecule has 0 spiro atoms. The van der Waals surface area contributed by atoms with Gasteiger partial charge in [-0.3, -0.25) is 9.89 Å². The first-order valence-electron chi connectivity index (χ1n) is 10.7. The van der Waals surface area contributed by atoms with E-state index >= 15 is 0 Å². The molecule has 1 aromatic carbocycles. The van der Waals surface area contributed by atoms with Crippen molar-refractivity contribution in [1.82, 2.24) is 20.0 Å². The molecule has 1 N–H and O–H groups in total. The first kappa shape index (κ1) is 21.3. The van der Waals surface area contributed by atoms with Crippen LogP contribution < -0.4 is 5.32 Å². The quantitative estimate of drug-likeness (QED) is 0.567. The fourth-order valence-electron chi connectivity index (χ4n) is 4.48. The fraction of sp³-hybridized carbons (Fsp3) is 0.522. The summed E-state index contributed by atoms with van der Waals surface area (Å²) in [6.45, 7) is 5.43. The molecule has 0 amide bonds. The smallest absolute Gasteiger partial charge is 0.193 e. The van der Waals surface area contributed by atoms with Crippen LogP contribution in [0, 0.1) is 0 Å². The summed E-state index contributed by atoms with van der Waals surface area (Å²) in [6, 6.07) is 15.8. The van der Waals surface area contributed by atoms with Gasteiger partial charge in [0.25, 0.3) is 0 Å². The van der Waals surface area contributed by atoms with Crippen LogP contribution in [-0.2, 0) is 11.3 Å². The molecule has 3 unspecified atom stereocenters. The van der Waals surface area contributed by atoms with E-state index in [1.165, 1.54) is 10.4 Å². The van der Waals surface area contributed by atoms with Crippen molar-refractivity contribution < 1.29 is 4.74 Å². The lowest BCUT2D eigenvalue weighted by Gasteiger charge is -2.36. The van der Waals surface area contributed by atoms with Crippen LogP contribution in [-0.4, -0.2) is 86.7 Å². The third-order valence-electron chi connectivity index (χ3n) is 6.10. The third kappa shape index (κ3) is 4.86. The topological polar surface area (TPSA) is 43.3 Å². The van der Waals surface area contributed by atoms with Crippen molar-refractivity contribution >= 4 is 17.3 Å². The van der Waals surface area contributed by atoms with Gasteiger partial charge in [0.15, 0.2) is 5.96 Å². The van der Waals surface area contributed by atoms with E-state index in [1.807, 2.05) is 7.05 Å².